The van der Waals surface area contributed by atoms with E-state index in [9.17, 15) is 19.5 Å². The molecule has 0 aromatic carbocycles. The average Bonchev–Trinajstić information content (AvgIpc) is 2.73. The number of nitrogens with zero attached hydrogens (tertiary/aromatic N) is 1. The number of urea groups is 1. The molecule has 1 atom stereocenters. The van der Waals surface area contributed by atoms with Crippen LogP contribution in [0, 0.1) is 5.41 Å². The Labute approximate surface area is 106 Å². The predicted molar refractivity (Wildman–Crippen MR) is 64.0 cm³/mol. The number of hydrogen-bond donors (Lipinski definition) is 3. The zero-order valence-electron chi connectivity index (χ0n) is 10.7. The van der Waals surface area contributed by atoms with Crippen LogP contribution in [0.25, 0.3) is 0 Å². The molecule has 7 nitrogen and oxygen atoms in total. The minimum atomic E-state index is -0.820. The molecule has 1 heterocycles. The van der Waals surface area contributed by atoms with Crippen LogP contribution < -0.4 is 10.6 Å². The van der Waals surface area contributed by atoms with Crippen LogP contribution in [0.4, 0.5) is 4.79 Å². The van der Waals surface area contributed by atoms with Crippen molar-refractivity contribution < 1.29 is 19.5 Å². The van der Waals surface area contributed by atoms with E-state index in [4.69, 9.17) is 0 Å². The summed E-state index contributed by atoms with van der Waals surface area (Å²) in [4.78, 5) is 35.4. The third-order valence-corrected chi connectivity index (χ3v) is 3.41. The Morgan fingerprint density at radius 2 is 2.06 bits per heavy atom. The Kier molecular flexibility index (Phi) is 4.66. The van der Waals surface area contributed by atoms with Gasteiger partial charge < -0.3 is 10.4 Å². The smallest absolute Gasteiger partial charge is 0.321 e. The zero-order valence-corrected chi connectivity index (χ0v) is 10.7. The van der Waals surface area contributed by atoms with Crippen molar-refractivity contribution in [2.75, 3.05) is 26.7 Å². The molecule has 1 saturated heterocycles. The first kappa shape index (κ1) is 14.4. The van der Waals surface area contributed by atoms with Crippen LogP contribution in [0.3, 0.4) is 0 Å². The Morgan fingerprint density at radius 1 is 1.39 bits per heavy atom. The molecule has 0 spiro atoms. The summed E-state index contributed by atoms with van der Waals surface area (Å²) in [5, 5.41) is 13.6. The summed E-state index contributed by atoms with van der Waals surface area (Å²) in [6, 6.07) is -0.556. The third kappa shape index (κ3) is 3.19. The van der Waals surface area contributed by atoms with Crippen molar-refractivity contribution in [1.82, 2.24) is 15.5 Å². The van der Waals surface area contributed by atoms with E-state index < -0.39 is 23.3 Å². The van der Waals surface area contributed by atoms with Crippen molar-refractivity contribution >= 4 is 17.9 Å². The van der Waals surface area contributed by atoms with Gasteiger partial charge in [-0.15, -0.1) is 0 Å². The molecule has 0 radical (unpaired) electrons. The number of amides is 3. The van der Waals surface area contributed by atoms with E-state index in [1.165, 1.54) is 7.05 Å². The number of nitrogens with one attached hydrogen (secondary N) is 2. The molecule has 1 unspecified atom stereocenters. The maximum atomic E-state index is 11.5. The number of rotatable bonds is 4. The summed E-state index contributed by atoms with van der Waals surface area (Å²) < 4.78 is 0. The van der Waals surface area contributed by atoms with Crippen LogP contribution in [0.5, 0.6) is 0 Å². The fraction of sp³-hybridized carbons (Fsp3) is 0.727. The number of carbonyl (C=O) groups is 3. The number of carboxylic acid groups (broad SMARTS) is 1. The van der Waals surface area contributed by atoms with E-state index in [1.54, 1.807) is 4.90 Å². The SMILES string of the molecule is CCC1(C(=O)O)CCN(CC(=O)NC(=O)NC)C1. The lowest BCUT2D eigenvalue weighted by atomic mass is 9.84. The first-order valence-electron chi connectivity index (χ1n) is 5.91. The van der Waals surface area contributed by atoms with Gasteiger partial charge in [0.1, 0.15) is 0 Å². The van der Waals surface area contributed by atoms with Crippen LogP contribution in [-0.4, -0.2) is 54.6 Å². The van der Waals surface area contributed by atoms with E-state index >= 15 is 0 Å². The Bertz CT molecular complexity index is 358. The fourth-order valence-electron chi connectivity index (χ4n) is 2.14. The van der Waals surface area contributed by atoms with Crippen LogP contribution in [0.2, 0.25) is 0 Å². The Balaban J connectivity index is 2.50. The summed E-state index contributed by atoms with van der Waals surface area (Å²) in [6.45, 7) is 2.78. The molecule has 18 heavy (non-hydrogen) atoms. The van der Waals surface area contributed by atoms with E-state index in [2.05, 4.69) is 10.6 Å². The van der Waals surface area contributed by atoms with Crippen molar-refractivity contribution in [3.05, 3.63) is 0 Å². The van der Waals surface area contributed by atoms with Gasteiger partial charge in [-0.05, 0) is 19.4 Å². The molecule has 1 rings (SSSR count). The quantitative estimate of drug-likeness (QED) is 0.638. The molecule has 0 aromatic rings. The van der Waals surface area contributed by atoms with Gasteiger partial charge in [-0.25, -0.2) is 4.79 Å². The number of imide groups is 1. The standard InChI is InChI=1S/C11H19N3O4/c1-3-11(9(16)17)4-5-14(7-11)6-8(15)13-10(18)12-2/h3-7H2,1-2H3,(H,16,17)(H2,12,13,15,18). The van der Waals surface area contributed by atoms with Crippen molar-refractivity contribution in [3.8, 4) is 0 Å². The zero-order chi connectivity index (χ0) is 13.8. The summed E-state index contributed by atoms with van der Waals surface area (Å²) in [5.74, 6) is -1.24. The van der Waals surface area contributed by atoms with E-state index in [0.29, 0.717) is 25.9 Å². The number of carbonyl (C=O) groups excluding carboxylic acids is 2. The van der Waals surface area contributed by atoms with Gasteiger partial charge in [-0.3, -0.25) is 19.8 Å². The van der Waals surface area contributed by atoms with Gasteiger partial charge in [0.15, 0.2) is 0 Å². The van der Waals surface area contributed by atoms with Crippen LogP contribution >= 0.6 is 0 Å². The topological polar surface area (TPSA) is 98.7 Å². The second-order valence-corrected chi connectivity index (χ2v) is 4.53. The molecule has 0 bridgehead atoms. The van der Waals surface area contributed by atoms with Gasteiger partial charge in [-0.1, -0.05) is 6.92 Å². The number of likely N-dealkylation sites (tertiary alicyclic amines) is 1. The average molecular weight is 257 g/mol. The normalized spacial score (nSPS) is 23.7. The molecule has 0 aromatic heterocycles. The van der Waals surface area contributed by atoms with Crippen molar-refractivity contribution in [3.63, 3.8) is 0 Å². The molecule has 7 heteroatoms. The molecular formula is C11H19N3O4. The van der Waals surface area contributed by atoms with Crippen LogP contribution in [0.15, 0.2) is 0 Å². The van der Waals surface area contributed by atoms with Crippen molar-refractivity contribution in [2.24, 2.45) is 5.41 Å². The summed E-state index contributed by atoms with van der Waals surface area (Å²) in [5.41, 5.74) is -0.757. The summed E-state index contributed by atoms with van der Waals surface area (Å²) in [6.07, 6.45) is 1.07. The molecule has 102 valence electrons. The third-order valence-electron chi connectivity index (χ3n) is 3.41. The largest absolute Gasteiger partial charge is 0.481 e. The predicted octanol–water partition coefficient (Wildman–Crippen LogP) is -0.371. The maximum Gasteiger partial charge on any atom is 0.321 e. The molecule has 3 N–H and O–H groups in total. The van der Waals surface area contributed by atoms with Crippen LogP contribution in [0.1, 0.15) is 19.8 Å². The first-order chi connectivity index (χ1) is 8.43. The molecule has 1 fully saturated rings. The van der Waals surface area contributed by atoms with Gasteiger partial charge in [0.2, 0.25) is 5.91 Å². The molecule has 0 saturated carbocycles. The number of carboxylic acids is 1. The number of hydrogen-bond acceptors (Lipinski definition) is 4. The van der Waals surface area contributed by atoms with Gasteiger partial charge in [-0.2, -0.15) is 0 Å². The minimum absolute atomic E-state index is 0.0441. The minimum Gasteiger partial charge on any atom is -0.481 e. The van der Waals surface area contributed by atoms with Gasteiger partial charge in [0.05, 0.1) is 12.0 Å². The lowest BCUT2D eigenvalue weighted by Crippen LogP contribution is -2.44. The van der Waals surface area contributed by atoms with E-state index in [0.717, 1.165) is 0 Å². The highest BCUT2D eigenvalue weighted by Crippen LogP contribution is 2.33. The monoisotopic (exact) mass is 257 g/mol. The Hall–Kier alpha value is -1.63. The second kappa shape index (κ2) is 5.81. The van der Waals surface area contributed by atoms with Gasteiger partial charge in [0.25, 0.3) is 0 Å². The van der Waals surface area contributed by atoms with E-state index in [-0.39, 0.29) is 6.54 Å². The van der Waals surface area contributed by atoms with Crippen molar-refractivity contribution in [1.29, 1.82) is 0 Å². The molecule has 1 aliphatic rings. The number of aliphatic carboxylic acids is 1. The molecular weight excluding hydrogens is 238 g/mol. The highest BCUT2D eigenvalue weighted by Gasteiger charge is 2.43. The lowest BCUT2D eigenvalue weighted by Gasteiger charge is -2.22. The van der Waals surface area contributed by atoms with Gasteiger partial charge in [0, 0.05) is 13.6 Å². The highest BCUT2D eigenvalue weighted by atomic mass is 16.4. The maximum absolute atomic E-state index is 11.5. The van der Waals surface area contributed by atoms with Crippen LogP contribution in [-0.2, 0) is 9.59 Å². The van der Waals surface area contributed by atoms with Gasteiger partial charge >= 0.3 is 12.0 Å². The molecule has 0 aliphatic carbocycles. The van der Waals surface area contributed by atoms with Crippen molar-refractivity contribution in [2.45, 2.75) is 19.8 Å². The fourth-order valence-corrected chi connectivity index (χ4v) is 2.14. The molecule has 3 amide bonds. The lowest BCUT2D eigenvalue weighted by molar-refractivity contribution is -0.148. The first-order valence-corrected chi connectivity index (χ1v) is 5.91. The second-order valence-electron chi connectivity index (χ2n) is 4.53. The summed E-state index contributed by atoms with van der Waals surface area (Å²) in [7, 11) is 1.42. The Morgan fingerprint density at radius 3 is 2.50 bits per heavy atom. The highest BCUT2D eigenvalue weighted by molar-refractivity contribution is 5.95. The summed E-state index contributed by atoms with van der Waals surface area (Å²) >= 11 is 0. The van der Waals surface area contributed by atoms with E-state index in [1.807, 2.05) is 6.92 Å². The molecule has 1 aliphatic heterocycles.